The number of benzene rings is 2. The minimum atomic E-state index is -0.174. The lowest BCUT2D eigenvalue weighted by Gasteiger charge is -2.10. The molecule has 1 heterocycles. The highest BCUT2D eigenvalue weighted by molar-refractivity contribution is 9.10. The van der Waals surface area contributed by atoms with Crippen molar-refractivity contribution in [1.29, 1.82) is 0 Å². The third-order valence-corrected chi connectivity index (χ3v) is 5.69. The first-order valence-corrected chi connectivity index (χ1v) is 9.81. The fraction of sp³-hybridized carbons (Fsp3) is 0.200. The summed E-state index contributed by atoms with van der Waals surface area (Å²) in [5.74, 6) is 1.04. The summed E-state index contributed by atoms with van der Waals surface area (Å²) in [6.07, 6.45) is 1.80. The molecule has 1 saturated heterocycles. The third kappa shape index (κ3) is 4.20. The van der Waals surface area contributed by atoms with E-state index in [1.165, 1.54) is 11.8 Å². The standard InChI is InChI=1S/C20H19BrN2O3S/c1-11-6-5-7-12(2)18(11)22-20-23-19(24)17(27-20)9-13-8-15(25-3)16(26-4)10-14(13)21/h5-10H,1-4H3,(H,22,23,24)/b17-9-. The van der Waals surface area contributed by atoms with Gasteiger partial charge < -0.3 is 14.8 Å². The van der Waals surface area contributed by atoms with Crippen LogP contribution in [-0.2, 0) is 4.79 Å². The molecule has 7 heteroatoms. The summed E-state index contributed by atoms with van der Waals surface area (Å²) in [6, 6.07) is 9.64. The number of carbonyl (C=O) groups excluding carboxylic acids is 1. The van der Waals surface area contributed by atoms with Crippen molar-refractivity contribution in [2.75, 3.05) is 14.2 Å². The fourth-order valence-electron chi connectivity index (χ4n) is 2.69. The number of hydrogen-bond donors (Lipinski definition) is 1. The van der Waals surface area contributed by atoms with Gasteiger partial charge >= 0.3 is 0 Å². The van der Waals surface area contributed by atoms with Crippen LogP contribution in [0.15, 0.2) is 44.7 Å². The zero-order chi connectivity index (χ0) is 19.6. The Morgan fingerprint density at radius 1 is 1.11 bits per heavy atom. The lowest BCUT2D eigenvalue weighted by Crippen LogP contribution is -2.19. The van der Waals surface area contributed by atoms with Crippen molar-refractivity contribution in [2.24, 2.45) is 4.99 Å². The summed E-state index contributed by atoms with van der Waals surface area (Å²) in [6.45, 7) is 4.01. The molecule has 0 unspecified atom stereocenters. The van der Waals surface area contributed by atoms with Crippen LogP contribution in [0.25, 0.3) is 6.08 Å². The van der Waals surface area contributed by atoms with Crippen LogP contribution in [0.3, 0.4) is 0 Å². The molecule has 2 aromatic carbocycles. The molecule has 0 bridgehead atoms. The number of amides is 1. The Labute approximate surface area is 171 Å². The summed E-state index contributed by atoms with van der Waals surface area (Å²) in [4.78, 5) is 17.6. The number of hydrogen-bond acceptors (Lipinski definition) is 5. The van der Waals surface area contributed by atoms with E-state index >= 15 is 0 Å². The summed E-state index contributed by atoms with van der Waals surface area (Å²) in [7, 11) is 3.16. The van der Waals surface area contributed by atoms with Crippen LogP contribution in [-0.4, -0.2) is 25.3 Å². The maximum absolute atomic E-state index is 12.4. The van der Waals surface area contributed by atoms with Gasteiger partial charge in [-0.25, -0.2) is 4.99 Å². The maximum Gasteiger partial charge on any atom is 0.264 e. The molecule has 0 radical (unpaired) electrons. The Morgan fingerprint density at radius 2 is 1.74 bits per heavy atom. The summed E-state index contributed by atoms with van der Waals surface area (Å²) in [5, 5.41) is 3.40. The molecule has 140 valence electrons. The van der Waals surface area contributed by atoms with Gasteiger partial charge in [0.05, 0.1) is 24.8 Å². The second-order valence-electron chi connectivity index (χ2n) is 5.95. The molecular weight excluding hydrogens is 428 g/mol. The van der Waals surface area contributed by atoms with E-state index in [0.29, 0.717) is 21.6 Å². The van der Waals surface area contributed by atoms with E-state index in [1.807, 2.05) is 44.2 Å². The molecular formula is C20H19BrN2O3S. The number of methoxy groups -OCH3 is 2. The van der Waals surface area contributed by atoms with Gasteiger partial charge in [0.15, 0.2) is 16.7 Å². The predicted molar refractivity (Wildman–Crippen MR) is 114 cm³/mol. The molecule has 0 saturated carbocycles. The minimum Gasteiger partial charge on any atom is -0.493 e. The highest BCUT2D eigenvalue weighted by Gasteiger charge is 2.25. The van der Waals surface area contributed by atoms with Crippen molar-refractivity contribution >= 4 is 50.5 Å². The average molecular weight is 447 g/mol. The van der Waals surface area contributed by atoms with E-state index in [1.54, 1.807) is 20.3 Å². The molecule has 27 heavy (non-hydrogen) atoms. The number of ether oxygens (including phenoxy) is 2. The van der Waals surface area contributed by atoms with Crippen molar-refractivity contribution in [1.82, 2.24) is 5.32 Å². The van der Waals surface area contributed by atoms with E-state index < -0.39 is 0 Å². The molecule has 0 spiro atoms. The topological polar surface area (TPSA) is 59.9 Å². The van der Waals surface area contributed by atoms with Crippen LogP contribution in [0.4, 0.5) is 5.69 Å². The Kier molecular flexibility index (Phi) is 5.92. The molecule has 1 N–H and O–H groups in total. The predicted octanol–water partition coefficient (Wildman–Crippen LogP) is 4.97. The van der Waals surface area contributed by atoms with Gasteiger partial charge in [-0.1, -0.05) is 34.1 Å². The Bertz CT molecular complexity index is 950. The van der Waals surface area contributed by atoms with Gasteiger partial charge in [0.2, 0.25) is 0 Å². The number of nitrogens with zero attached hydrogens (tertiary/aromatic N) is 1. The average Bonchev–Trinajstić information content (AvgIpc) is 2.99. The van der Waals surface area contributed by atoms with Crippen LogP contribution in [0.1, 0.15) is 16.7 Å². The van der Waals surface area contributed by atoms with E-state index in [2.05, 4.69) is 26.2 Å². The van der Waals surface area contributed by atoms with Gasteiger partial charge in [-0.05, 0) is 60.5 Å². The number of rotatable bonds is 4. The van der Waals surface area contributed by atoms with Gasteiger partial charge in [0.25, 0.3) is 5.91 Å². The fourth-order valence-corrected chi connectivity index (χ4v) is 3.94. The van der Waals surface area contributed by atoms with Crippen molar-refractivity contribution in [2.45, 2.75) is 13.8 Å². The number of para-hydroxylation sites is 1. The Balaban J connectivity index is 1.93. The van der Waals surface area contributed by atoms with Crippen molar-refractivity contribution in [3.63, 3.8) is 0 Å². The van der Waals surface area contributed by atoms with Crippen LogP contribution in [0, 0.1) is 13.8 Å². The lowest BCUT2D eigenvalue weighted by molar-refractivity contribution is -0.115. The second-order valence-corrected chi connectivity index (χ2v) is 7.84. The number of nitrogens with one attached hydrogen (secondary N) is 1. The van der Waals surface area contributed by atoms with Crippen molar-refractivity contribution < 1.29 is 14.3 Å². The first kappa shape index (κ1) is 19.5. The quantitative estimate of drug-likeness (QED) is 0.673. The molecule has 0 aliphatic carbocycles. The molecule has 1 aliphatic rings. The van der Waals surface area contributed by atoms with E-state index in [9.17, 15) is 4.79 Å². The van der Waals surface area contributed by atoms with Gasteiger partial charge in [-0.15, -0.1) is 0 Å². The highest BCUT2D eigenvalue weighted by Crippen LogP contribution is 2.36. The zero-order valence-electron chi connectivity index (χ0n) is 15.4. The van der Waals surface area contributed by atoms with E-state index in [4.69, 9.17) is 9.47 Å². The molecule has 1 fully saturated rings. The molecule has 2 aromatic rings. The van der Waals surface area contributed by atoms with Gasteiger partial charge in [0, 0.05) is 4.47 Å². The molecule has 0 atom stereocenters. The van der Waals surface area contributed by atoms with Crippen molar-refractivity contribution in [3.8, 4) is 11.5 Å². The first-order chi connectivity index (χ1) is 12.9. The molecule has 1 amide bonds. The van der Waals surface area contributed by atoms with Gasteiger partial charge in [-0.2, -0.15) is 0 Å². The molecule has 3 rings (SSSR count). The molecule has 0 aromatic heterocycles. The number of amidine groups is 1. The smallest absolute Gasteiger partial charge is 0.264 e. The first-order valence-electron chi connectivity index (χ1n) is 8.20. The monoisotopic (exact) mass is 446 g/mol. The SMILES string of the molecule is COc1cc(Br)c(/C=C2\SC(=Nc3c(C)cccc3C)NC2=O)cc1OC. The van der Waals surface area contributed by atoms with Crippen LogP contribution in [0.5, 0.6) is 11.5 Å². The number of aliphatic imine (C=N–C) groups is 1. The number of halogens is 1. The largest absolute Gasteiger partial charge is 0.493 e. The van der Waals surface area contributed by atoms with E-state index in [-0.39, 0.29) is 5.91 Å². The highest BCUT2D eigenvalue weighted by atomic mass is 79.9. The Morgan fingerprint density at radius 3 is 2.37 bits per heavy atom. The zero-order valence-corrected chi connectivity index (χ0v) is 17.8. The molecule has 1 aliphatic heterocycles. The van der Waals surface area contributed by atoms with Crippen LogP contribution >= 0.6 is 27.7 Å². The summed E-state index contributed by atoms with van der Waals surface area (Å²) < 4.78 is 11.4. The van der Waals surface area contributed by atoms with Crippen LogP contribution < -0.4 is 14.8 Å². The summed E-state index contributed by atoms with van der Waals surface area (Å²) >= 11 is 4.83. The van der Waals surface area contributed by atoms with Crippen LogP contribution in [0.2, 0.25) is 0 Å². The lowest BCUT2D eigenvalue weighted by atomic mass is 10.1. The van der Waals surface area contributed by atoms with Gasteiger partial charge in [-0.3, -0.25) is 4.79 Å². The Hall–Kier alpha value is -2.25. The van der Waals surface area contributed by atoms with E-state index in [0.717, 1.165) is 26.9 Å². The number of aryl methyl sites for hydroxylation is 2. The van der Waals surface area contributed by atoms with Crippen molar-refractivity contribution in [3.05, 3.63) is 56.4 Å². The number of carbonyl (C=O) groups is 1. The van der Waals surface area contributed by atoms with Gasteiger partial charge in [0.1, 0.15) is 0 Å². The molecule has 5 nitrogen and oxygen atoms in total. The second kappa shape index (κ2) is 8.19. The number of thioether (sulfide) groups is 1. The maximum atomic E-state index is 12.4. The minimum absolute atomic E-state index is 0.174. The summed E-state index contributed by atoms with van der Waals surface area (Å²) in [5.41, 5.74) is 3.84. The third-order valence-electron chi connectivity index (χ3n) is 4.09. The normalized spacial score (nSPS) is 16.7.